The Morgan fingerprint density at radius 2 is 1.61 bits per heavy atom. The average Bonchev–Trinajstić information content (AvgIpc) is 2.39. The molecule has 2 heteroatoms. The maximum absolute atomic E-state index is 11.9. The van der Waals surface area contributed by atoms with Crippen LogP contribution in [0.3, 0.4) is 0 Å². The van der Waals surface area contributed by atoms with Gasteiger partial charge < -0.3 is 4.74 Å². The van der Waals surface area contributed by atoms with E-state index in [1.54, 1.807) is 6.07 Å². The van der Waals surface area contributed by atoms with Gasteiger partial charge in [-0.2, -0.15) is 0 Å². The molecule has 0 fully saturated rings. The highest BCUT2D eigenvalue weighted by molar-refractivity contribution is 5.97. The van der Waals surface area contributed by atoms with Crippen LogP contribution < -0.4 is 4.74 Å². The Kier molecular flexibility index (Phi) is 3.78. The van der Waals surface area contributed by atoms with Crippen LogP contribution in [0.25, 0.3) is 0 Å². The lowest BCUT2D eigenvalue weighted by Crippen LogP contribution is -2.07. The highest BCUT2D eigenvalue weighted by Gasteiger charge is 2.10. The Bertz CT molecular complexity index is 530. The Labute approximate surface area is 107 Å². The molecule has 0 atom stereocenters. The minimum atomic E-state index is -0.00280. The van der Waals surface area contributed by atoms with Crippen molar-refractivity contribution in [1.29, 1.82) is 0 Å². The zero-order valence-corrected chi connectivity index (χ0v) is 10.6. The van der Waals surface area contributed by atoms with Gasteiger partial charge in [-0.1, -0.05) is 44.2 Å². The number of ketones is 1. The Hall–Kier alpha value is -2.09. The molecule has 0 radical (unpaired) electrons. The average molecular weight is 240 g/mol. The fourth-order valence-electron chi connectivity index (χ4n) is 1.67. The van der Waals surface area contributed by atoms with E-state index in [0.29, 0.717) is 11.3 Å². The molecule has 0 unspecified atom stereocenters. The van der Waals surface area contributed by atoms with Gasteiger partial charge in [0.05, 0.1) is 0 Å². The van der Waals surface area contributed by atoms with E-state index in [2.05, 4.69) is 0 Å². The molecule has 0 saturated heterocycles. The molecule has 2 aromatic carbocycles. The summed E-state index contributed by atoms with van der Waals surface area (Å²) in [5.41, 5.74) is 0.693. The number of hydrogen-bond donors (Lipinski definition) is 0. The zero-order chi connectivity index (χ0) is 13.0. The van der Waals surface area contributed by atoms with Crippen LogP contribution in [0.5, 0.6) is 11.5 Å². The summed E-state index contributed by atoms with van der Waals surface area (Å²) in [7, 11) is 0. The third kappa shape index (κ3) is 2.98. The minimum absolute atomic E-state index is 0.00280. The van der Waals surface area contributed by atoms with Gasteiger partial charge in [0.15, 0.2) is 5.78 Å². The van der Waals surface area contributed by atoms with Crippen LogP contribution in [0.1, 0.15) is 24.2 Å². The molecular formula is C16H16O2. The molecule has 2 rings (SSSR count). The van der Waals surface area contributed by atoms with Crippen LogP contribution in [0.15, 0.2) is 54.6 Å². The SMILES string of the molecule is CC(C)C(=O)c1cccc(Oc2ccccc2)c1. The molecule has 0 spiro atoms. The Balaban J connectivity index is 2.20. The summed E-state index contributed by atoms with van der Waals surface area (Å²) < 4.78 is 5.70. The van der Waals surface area contributed by atoms with E-state index in [0.717, 1.165) is 5.75 Å². The fraction of sp³-hybridized carbons (Fsp3) is 0.188. The van der Waals surface area contributed by atoms with Gasteiger partial charge in [-0.05, 0) is 24.3 Å². The lowest BCUT2D eigenvalue weighted by atomic mass is 10.0. The van der Waals surface area contributed by atoms with E-state index in [-0.39, 0.29) is 11.7 Å². The largest absolute Gasteiger partial charge is 0.457 e. The maximum atomic E-state index is 11.9. The molecule has 0 aliphatic carbocycles. The first kappa shape index (κ1) is 12.4. The van der Waals surface area contributed by atoms with Crippen molar-refractivity contribution in [1.82, 2.24) is 0 Å². The predicted octanol–water partition coefficient (Wildman–Crippen LogP) is 4.32. The van der Waals surface area contributed by atoms with E-state index < -0.39 is 0 Å². The molecule has 0 bridgehead atoms. The number of para-hydroxylation sites is 1. The number of hydrogen-bond acceptors (Lipinski definition) is 2. The van der Waals surface area contributed by atoms with Gasteiger partial charge in [0.25, 0.3) is 0 Å². The van der Waals surface area contributed by atoms with Crippen molar-refractivity contribution < 1.29 is 9.53 Å². The first-order valence-corrected chi connectivity index (χ1v) is 6.04. The highest BCUT2D eigenvalue weighted by atomic mass is 16.5. The molecule has 0 saturated carbocycles. The zero-order valence-electron chi connectivity index (χ0n) is 10.6. The van der Waals surface area contributed by atoms with Gasteiger partial charge in [0, 0.05) is 11.5 Å². The number of carbonyl (C=O) groups is 1. The van der Waals surface area contributed by atoms with Crippen LogP contribution in [0.4, 0.5) is 0 Å². The predicted molar refractivity (Wildman–Crippen MR) is 72.1 cm³/mol. The topological polar surface area (TPSA) is 26.3 Å². The lowest BCUT2D eigenvalue weighted by molar-refractivity contribution is 0.0939. The number of ether oxygens (including phenoxy) is 1. The van der Waals surface area contributed by atoms with Crippen molar-refractivity contribution >= 4 is 5.78 Å². The summed E-state index contributed by atoms with van der Waals surface area (Å²) in [5.74, 6) is 1.59. The van der Waals surface area contributed by atoms with Crippen molar-refractivity contribution in [2.45, 2.75) is 13.8 Å². The standard InChI is InChI=1S/C16H16O2/c1-12(2)16(17)13-7-6-10-15(11-13)18-14-8-4-3-5-9-14/h3-12H,1-2H3. The van der Waals surface area contributed by atoms with Crippen LogP contribution in [0.2, 0.25) is 0 Å². The van der Waals surface area contributed by atoms with Gasteiger partial charge in [-0.3, -0.25) is 4.79 Å². The van der Waals surface area contributed by atoms with E-state index in [1.165, 1.54) is 0 Å². The van der Waals surface area contributed by atoms with Gasteiger partial charge in [-0.25, -0.2) is 0 Å². The molecule has 18 heavy (non-hydrogen) atoms. The monoisotopic (exact) mass is 240 g/mol. The van der Waals surface area contributed by atoms with Crippen molar-refractivity contribution in [3.63, 3.8) is 0 Å². The maximum Gasteiger partial charge on any atom is 0.165 e. The van der Waals surface area contributed by atoms with Gasteiger partial charge in [0.2, 0.25) is 0 Å². The highest BCUT2D eigenvalue weighted by Crippen LogP contribution is 2.22. The minimum Gasteiger partial charge on any atom is -0.457 e. The van der Waals surface area contributed by atoms with Crippen LogP contribution in [-0.2, 0) is 0 Å². The van der Waals surface area contributed by atoms with Crippen LogP contribution >= 0.6 is 0 Å². The molecule has 0 heterocycles. The number of rotatable bonds is 4. The lowest BCUT2D eigenvalue weighted by Gasteiger charge is -2.08. The normalized spacial score (nSPS) is 10.4. The van der Waals surface area contributed by atoms with Crippen LogP contribution in [0, 0.1) is 5.92 Å². The third-order valence-electron chi connectivity index (χ3n) is 2.62. The Morgan fingerprint density at radius 1 is 0.944 bits per heavy atom. The quantitative estimate of drug-likeness (QED) is 0.744. The van der Waals surface area contributed by atoms with Crippen molar-refractivity contribution in [2.24, 2.45) is 5.92 Å². The number of carbonyl (C=O) groups excluding carboxylic acids is 1. The van der Waals surface area contributed by atoms with Crippen molar-refractivity contribution in [3.8, 4) is 11.5 Å². The first-order valence-electron chi connectivity index (χ1n) is 6.04. The smallest absolute Gasteiger partial charge is 0.165 e. The summed E-state index contributed by atoms with van der Waals surface area (Å²) >= 11 is 0. The van der Waals surface area contributed by atoms with E-state index in [4.69, 9.17) is 4.74 Å². The second kappa shape index (κ2) is 5.50. The third-order valence-corrected chi connectivity index (χ3v) is 2.62. The molecule has 0 aliphatic rings. The molecule has 0 aromatic heterocycles. The molecular weight excluding hydrogens is 224 g/mol. The summed E-state index contributed by atoms with van der Waals surface area (Å²) in [6.45, 7) is 3.79. The van der Waals surface area contributed by atoms with E-state index >= 15 is 0 Å². The molecule has 2 nitrogen and oxygen atoms in total. The van der Waals surface area contributed by atoms with Crippen LogP contribution in [-0.4, -0.2) is 5.78 Å². The molecule has 92 valence electrons. The summed E-state index contributed by atoms with van der Waals surface area (Å²) in [6, 6.07) is 16.8. The van der Waals surface area contributed by atoms with Gasteiger partial charge in [-0.15, -0.1) is 0 Å². The van der Waals surface area contributed by atoms with Crippen molar-refractivity contribution in [3.05, 3.63) is 60.2 Å². The fourth-order valence-corrected chi connectivity index (χ4v) is 1.67. The first-order chi connectivity index (χ1) is 8.66. The molecule has 0 N–H and O–H groups in total. The van der Waals surface area contributed by atoms with E-state index in [1.807, 2.05) is 62.4 Å². The molecule has 0 aliphatic heterocycles. The van der Waals surface area contributed by atoms with Crippen molar-refractivity contribution in [2.75, 3.05) is 0 Å². The Morgan fingerprint density at radius 3 is 2.28 bits per heavy atom. The second-order valence-electron chi connectivity index (χ2n) is 4.46. The number of Topliss-reactive ketones (excluding diaryl/α,β-unsaturated/α-hetero) is 1. The molecule has 0 amide bonds. The summed E-state index contributed by atoms with van der Waals surface area (Å²) in [4.78, 5) is 11.9. The summed E-state index contributed by atoms with van der Waals surface area (Å²) in [5, 5.41) is 0. The summed E-state index contributed by atoms with van der Waals surface area (Å²) in [6.07, 6.45) is 0. The number of benzene rings is 2. The van der Waals surface area contributed by atoms with E-state index in [9.17, 15) is 4.79 Å². The van der Waals surface area contributed by atoms with Gasteiger partial charge in [0.1, 0.15) is 11.5 Å². The second-order valence-corrected chi connectivity index (χ2v) is 4.46. The van der Waals surface area contributed by atoms with Gasteiger partial charge >= 0.3 is 0 Å². The molecule has 2 aromatic rings.